The second-order valence-electron chi connectivity index (χ2n) is 8.50. The van der Waals surface area contributed by atoms with Crippen LogP contribution in [0.1, 0.15) is 28.1 Å². The molecule has 3 aromatic carbocycles. The summed E-state index contributed by atoms with van der Waals surface area (Å²) in [6.07, 6.45) is 1.82. The lowest BCUT2D eigenvalue weighted by molar-refractivity contribution is -0.123. The maximum atomic E-state index is 13.2. The van der Waals surface area contributed by atoms with Crippen LogP contribution >= 0.6 is 23.4 Å². The van der Waals surface area contributed by atoms with Gasteiger partial charge in [0.1, 0.15) is 0 Å². The maximum absolute atomic E-state index is 13.2. The first-order valence-corrected chi connectivity index (χ1v) is 12.2. The van der Waals surface area contributed by atoms with E-state index in [2.05, 4.69) is 4.57 Å². The van der Waals surface area contributed by atoms with Gasteiger partial charge in [-0.15, -0.1) is 0 Å². The third-order valence-corrected chi connectivity index (χ3v) is 7.57. The van der Waals surface area contributed by atoms with Gasteiger partial charge in [0, 0.05) is 22.1 Å². The predicted molar refractivity (Wildman–Crippen MR) is 140 cm³/mol. The molecule has 0 spiro atoms. The largest absolute Gasteiger partial charge is 0.318 e. The number of hydrogen-bond acceptors (Lipinski definition) is 3. The molecule has 0 N–H and O–H groups in total. The van der Waals surface area contributed by atoms with E-state index in [0.717, 1.165) is 56.3 Å². The van der Waals surface area contributed by atoms with Crippen LogP contribution in [0.25, 0.3) is 22.5 Å². The summed E-state index contributed by atoms with van der Waals surface area (Å²) in [6, 6.07) is 22.0. The highest BCUT2D eigenvalue weighted by Gasteiger charge is 2.35. The first-order valence-electron chi connectivity index (χ1n) is 11.0. The number of rotatable bonds is 4. The van der Waals surface area contributed by atoms with Gasteiger partial charge in [0.15, 0.2) is 0 Å². The highest BCUT2D eigenvalue weighted by atomic mass is 35.5. The van der Waals surface area contributed by atoms with Crippen LogP contribution in [0.3, 0.4) is 0 Å². The Labute approximate surface area is 207 Å². The Kier molecular flexibility index (Phi) is 5.84. The molecule has 1 fully saturated rings. The van der Waals surface area contributed by atoms with Gasteiger partial charge in [-0.2, -0.15) is 0 Å². The summed E-state index contributed by atoms with van der Waals surface area (Å²) >= 11 is 7.34. The zero-order valence-corrected chi connectivity index (χ0v) is 20.7. The van der Waals surface area contributed by atoms with E-state index in [4.69, 9.17) is 11.6 Å². The van der Waals surface area contributed by atoms with Crippen molar-refractivity contribution in [2.24, 2.45) is 0 Å². The number of halogens is 1. The number of carbonyl (C=O) groups is 2. The minimum Gasteiger partial charge on any atom is -0.318 e. The summed E-state index contributed by atoms with van der Waals surface area (Å²) in [5.74, 6) is -0.258. The average Bonchev–Trinajstić information content (AvgIpc) is 3.25. The first kappa shape index (κ1) is 22.5. The molecule has 1 aliphatic rings. The van der Waals surface area contributed by atoms with Crippen molar-refractivity contribution < 1.29 is 9.59 Å². The number of amides is 2. The van der Waals surface area contributed by atoms with Crippen LogP contribution in [0.15, 0.2) is 71.6 Å². The Hall–Kier alpha value is -3.28. The summed E-state index contributed by atoms with van der Waals surface area (Å²) in [4.78, 5) is 27.8. The van der Waals surface area contributed by atoms with E-state index in [0.29, 0.717) is 9.93 Å². The zero-order valence-electron chi connectivity index (χ0n) is 19.1. The van der Waals surface area contributed by atoms with Crippen molar-refractivity contribution in [3.63, 3.8) is 0 Å². The van der Waals surface area contributed by atoms with Gasteiger partial charge < -0.3 is 4.57 Å². The van der Waals surface area contributed by atoms with Gasteiger partial charge in [0.2, 0.25) is 0 Å². The monoisotopic (exact) mass is 486 g/mol. The molecule has 0 bridgehead atoms. The number of hydrogen-bond donors (Lipinski definition) is 0. The van der Waals surface area contributed by atoms with Crippen molar-refractivity contribution in [3.8, 4) is 5.69 Å². The first-order chi connectivity index (χ1) is 16.3. The second kappa shape index (κ2) is 8.82. The molecule has 0 atom stereocenters. The van der Waals surface area contributed by atoms with Crippen molar-refractivity contribution in [2.45, 2.75) is 27.3 Å². The Morgan fingerprint density at radius 1 is 0.941 bits per heavy atom. The molecule has 170 valence electrons. The molecular weight excluding hydrogens is 464 g/mol. The second-order valence-corrected chi connectivity index (χ2v) is 9.90. The van der Waals surface area contributed by atoms with Gasteiger partial charge in [0.25, 0.3) is 11.1 Å². The summed E-state index contributed by atoms with van der Waals surface area (Å²) < 4.78 is 2.11. The van der Waals surface area contributed by atoms with Crippen LogP contribution in [0.2, 0.25) is 5.02 Å². The standard InChI is InChI=1S/C28H23ClN2O2S/c1-17-11-12-23(15-25(17)29)31-18(2)13-22(19(31)3)14-26-27(32)30(28(33)34-26)16-21-9-6-8-20-7-4-5-10-24(20)21/h4-15H,16H2,1-3H3/b26-14-. The number of aryl methyl sites for hydroxylation is 2. The molecule has 2 heterocycles. The molecule has 0 unspecified atom stereocenters. The quantitative estimate of drug-likeness (QED) is 0.281. The summed E-state index contributed by atoms with van der Waals surface area (Å²) in [6.45, 7) is 6.25. The van der Waals surface area contributed by atoms with Crippen molar-refractivity contribution in [3.05, 3.63) is 105 Å². The number of thioether (sulfide) groups is 1. The Bertz CT molecular complexity index is 1500. The van der Waals surface area contributed by atoms with E-state index in [1.807, 2.05) is 93.6 Å². The van der Waals surface area contributed by atoms with Crippen LogP contribution in [0.4, 0.5) is 4.79 Å². The van der Waals surface area contributed by atoms with Crippen LogP contribution in [0, 0.1) is 20.8 Å². The fourth-order valence-electron chi connectivity index (χ4n) is 4.43. The van der Waals surface area contributed by atoms with Crippen molar-refractivity contribution in [1.82, 2.24) is 9.47 Å². The highest BCUT2D eigenvalue weighted by molar-refractivity contribution is 8.18. The van der Waals surface area contributed by atoms with Crippen molar-refractivity contribution >= 4 is 51.4 Å². The predicted octanol–water partition coefficient (Wildman–Crippen LogP) is 7.45. The third kappa shape index (κ3) is 3.95. The summed E-state index contributed by atoms with van der Waals surface area (Å²) in [5, 5.41) is 2.60. The van der Waals surface area contributed by atoms with E-state index in [1.54, 1.807) is 0 Å². The summed E-state index contributed by atoms with van der Waals surface area (Å²) in [7, 11) is 0. The molecule has 34 heavy (non-hydrogen) atoms. The number of carbonyl (C=O) groups excluding carboxylic acids is 2. The van der Waals surface area contributed by atoms with Gasteiger partial charge >= 0.3 is 0 Å². The minimum absolute atomic E-state index is 0.247. The molecule has 0 aliphatic carbocycles. The molecule has 0 radical (unpaired) electrons. The number of benzene rings is 3. The van der Waals surface area contributed by atoms with Gasteiger partial charge in [-0.25, -0.2) is 0 Å². The Morgan fingerprint density at radius 2 is 1.71 bits per heavy atom. The van der Waals surface area contributed by atoms with E-state index in [-0.39, 0.29) is 17.7 Å². The van der Waals surface area contributed by atoms with Gasteiger partial charge in [-0.1, -0.05) is 60.1 Å². The Balaban J connectivity index is 1.46. The van der Waals surface area contributed by atoms with E-state index in [9.17, 15) is 9.59 Å². The molecule has 4 nitrogen and oxygen atoms in total. The normalized spacial score (nSPS) is 15.2. The molecule has 0 saturated carbocycles. The molecule has 2 amide bonds. The molecule has 1 aliphatic heterocycles. The molecule has 1 saturated heterocycles. The van der Waals surface area contributed by atoms with Crippen molar-refractivity contribution in [1.29, 1.82) is 0 Å². The molecule has 1 aromatic heterocycles. The Morgan fingerprint density at radius 3 is 2.50 bits per heavy atom. The van der Waals surface area contributed by atoms with Crippen LogP contribution in [-0.2, 0) is 11.3 Å². The number of aromatic nitrogens is 1. The van der Waals surface area contributed by atoms with Gasteiger partial charge in [0.05, 0.1) is 11.4 Å². The van der Waals surface area contributed by atoms with Gasteiger partial charge in [-0.05, 0) is 84.3 Å². The zero-order chi connectivity index (χ0) is 24.0. The van der Waals surface area contributed by atoms with E-state index < -0.39 is 0 Å². The van der Waals surface area contributed by atoms with Gasteiger partial charge in [-0.3, -0.25) is 14.5 Å². The number of imide groups is 1. The topological polar surface area (TPSA) is 42.3 Å². The van der Waals surface area contributed by atoms with Crippen molar-refractivity contribution in [2.75, 3.05) is 0 Å². The SMILES string of the molecule is Cc1ccc(-n2c(C)cc(/C=C3\SC(=O)N(Cc4cccc5ccccc45)C3=O)c2C)cc1Cl. The fraction of sp³-hybridized carbons (Fsp3) is 0.143. The molecule has 5 rings (SSSR count). The van der Waals surface area contributed by atoms with Crippen LogP contribution in [-0.4, -0.2) is 20.6 Å². The molecular formula is C28H23ClN2O2S. The summed E-state index contributed by atoms with van der Waals surface area (Å²) in [5.41, 5.74) is 5.86. The number of nitrogens with zero attached hydrogens (tertiary/aromatic N) is 2. The highest BCUT2D eigenvalue weighted by Crippen LogP contribution is 2.35. The molecule has 4 aromatic rings. The lowest BCUT2D eigenvalue weighted by Gasteiger charge is -2.14. The lowest BCUT2D eigenvalue weighted by atomic mass is 10.0. The maximum Gasteiger partial charge on any atom is 0.293 e. The molecule has 6 heteroatoms. The smallest absolute Gasteiger partial charge is 0.293 e. The van der Waals surface area contributed by atoms with Crippen LogP contribution in [0.5, 0.6) is 0 Å². The fourth-order valence-corrected chi connectivity index (χ4v) is 5.43. The third-order valence-electron chi connectivity index (χ3n) is 6.25. The van der Waals surface area contributed by atoms with E-state index in [1.165, 1.54) is 4.90 Å². The average molecular weight is 487 g/mol. The van der Waals surface area contributed by atoms with E-state index >= 15 is 0 Å². The number of fused-ring (bicyclic) bond motifs is 1. The minimum atomic E-state index is -0.258. The van der Waals surface area contributed by atoms with Crippen LogP contribution < -0.4 is 0 Å². The lowest BCUT2D eigenvalue weighted by Crippen LogP contribution is -2.27.